The van der Waals surface area contributed by atoms with E-state index in [1.165, 1.54) is 0 Å². The summed E-state index contributed by atoms with van der Waals surface area (Å²) in [7, 11) is 0. The minimum atomic E-state index is -1.92. The topological polar surface area (TPSA) is 53.0 Å². The van der Waals surface area contributed by atoms with Crippen LogP contribution < -0.4 is 0 Å². The average Bonchev–Trinajstić information content (AvgIpc) is 2.83. The standard InChI is InChI=1S/C10H16O3/c1-4-9(2,3)10(11,12)6-5-8-7-13-8/h8,11-12H,4,7H2,1-3H3. The summed E-state index contributed by atoms with van der Waals surface area (Å²) >= 11 is 0. The number of aliphatic hydroxyl groups is 2. The summed E-state index contributed by atoms with van der Waals surface area (Å²) in [4.78, 5) is 0. The largest absolute Gasteiger partial charge is 0.359 e. The highest BCUT2D eigenvalue weighted by Gasteiger charge is 2.39. The molecule has 0 saturated carbocycles. The first kappa shape index (κ1) is 10.5. The quantitative estimate of drug-likeness (QED) is 0.373. The van der Waals surface area contributed by atoms with E-state index in [1.807, 2.05) is 6.92 Å². The lowest BCUT2D eigenvalue weighted by molar-refractivity contribution is -0.187. The van der Waals surface area contributed by atoms with Crippen molar-refractivity contribution in [3.63, 3.8) is 0 Å². The summed E-state index contributed by atoms with van der Waals surface area (Å²) in [5.41, 5.74) is -0.616. The van der Waals surface area contributed by atoms with Gasteiger partial charge in [0.25, 0.3) is 0 Å². The maximum absolute atomic E-state index is 9.65. The van der Waals surface area contributed by atoms with Gasteiger partial charge in [-0.05, 0) is 12.3 Å². The van der Waals surface area contributed by atoms with Gasteiger partial charge in [-0.15, -0.1) is 0 Å². The summed E-state index contributed by atoms with van der Waals surface area (Å²) in [5, 5.41) is 19.3. The van der Waals surface area contributed by atoms with Crippen molar-refractivity contribution < 1.29 is 14.9 Å². The molecule has 1 aliphatic rings. The van der Waals surface area contributed by atoms with Gasteiger partial charge in [-0.3, -0.25) is 0 Å². The molecule has 0 aromatic carbocycles. The van der Waals surface area contributed by atoms with Crippen LogP contribution in [0.15, 0.2) is 0 Å². The second-order valence-corrected chi connectivity index (χ2v) is 4.00. The van der Waals surface area contributed by atoms with Crippen LogP contribution in [-0.4, -0.2) is 28.7 Å². The zero-order valence-electron chi connectivity index (χ0n) is 8.29. The fourth-order valence-corrected chi connectivity index (χ4v) is 0.728. The Morgan fingerprint density at radius 1 is 1.46 bits per heavy atom. The highest BCUT2D eigenvalue weighted by Crippen LogP contribution is 2.31. The molecule has 74 valence electrons. The van der Waals surface area contributed by atoms with E-state index in [2.05, 4.69) is 11.8 Å². The lowest BCUT2D eigenvalue weighted by Gasteiger charge is -2.33. The number of epoxide rings is 1. The molecule has 0 bridgehead atoms. The molecule has 1 fully saturated rings. The fourth-order valence-electron chi connectivity index (χ4n) is 0.728. The third-order valence-electron chi connectivity index (χ3n) is 2.57. The number of hydrogen-bond acceptors (Lipinski definition) is 3. The van der Waals surface area contributed by atoms with Crippen LogP contribution >= 0.6 is 0 Å². The van der Waals surface area contributed by atoms with E-state index in [9.17, 15) is 10.2 Å². The highest BCUT2D eigenvalue weighted by molar-refractivity contribution is 5.18. The third kappa shape index (κ3) is 2.44. The molecule has 3 nitrogen and oxygen atoms in total. The molecule has 0 amide bonds. The lowest BCUT2D eigenvalue weighted by Crippen LogP contribution is -2.43. The first-order valence-electron chi connectivity index (χ1n) is 4.48. The van der Waals surface area contributed by atoms with E-state index in [-0.39, 0.29) is 6.10 Å². The molecule has 1 rings (SSSR count). The minimum absolute atomic E-state index is 0.0914. The summed E-state index contributed by atoms with van der Waals surface area (Å²) in [6, 6.07) is 0. The Bertz CT molecular complexity index is 241. The molecular weight excluding hydrogens is 168 g/mol. The molecule has 0 aliphatic carbocycles. The Hall–Kier alpha value is -0.560. The predicted molar refractivity (Wildman–Crippen MR) is 48.8 cm³/mol. The van der Waals surface area contributed by atoms with E-state index in [0.717, 1.165) is 0 Å². The van der Waals surface area contributed by atoms with Gasteiger partial charge in [0, 0.05) is 5.41 Å². The molecule has 0 radical (unpaired) electrons. The van der Waals surface area contributed by atoms with Gasteiger partial charge < -0.3 is 14.9 Å². The fraction of sp³-hybridized carbons (Fsp3) is 0.800. The number of hydrogen-bond donors (Lipinski definition) is 2. The van der Waals surface area contributed by atoms with Gasteiger partial charge in [0.2, 0.25) is 5.79 Å². The average molecular weight is 184 g/mol. The molecule has 13 heavy (non-hydrogen) atoms. The normalized spacial score (nSPS) is 22.1. The smallest absolute Gasteiger partial charge is 0.233 e. The molecule has 2 N–H and O–H groups in total. The maximum atomic E-state index is 9.65. The SMILES string of the molecule is CCC(C)(C)C(O)(O)C#CC1CO1. The molecular formula is C10H16O3. The monoisotopic (exact) mass is 184 g/mol. The van der Waals surface area contributed by atoms with E-state index in [1.54, 1.807) is 13.8 Å². The van der Waals surface area contributed by atoms with Crippen LogP contribution in [-0.2, 0) is 4.74 Å². The molecule has 1 heterocycles. The van der Waals surface area contributed by atoms with Crippen molar-refractivity contribution in [3.8, 4) is 11.8 Å². The van der Waals surface area contributed by atoms with Crippen molar-refractivity contribution in [1.29, 1.82) is 0 Å². The van der Waals surface area contributed by atoms with Crippen molar-refractivity contribution in [2.75, 3.05) is 6.61 Å². The van der Waals surface area contributed by atoms with Gasteiger partial charge in [0.15, 0.2) is 0 Å². The number of ether oxygens (including phenoxy) is 1. The summed E-state index contributed by atoms with van der Waals surface area (Å²) in [5.74, 6) is 3.19. The summed E-state index contributed by atoms with van der Waals surface area (Å²) in [6.07, 6.45) is 0.562. The Morgan fingerprint density at radius 3 is 2.38 bits per heavy atom. The van der Waals surface area contributed by atoms with E-state index in [4.69, 9.17) is 4.74 Å². The Morgan fingerprint density at radius 2 is 2.00 bits per heavy atom. The zero-order chi connectivity index (χ0) is 10.1. The molecule has 3 heteroatoms. The highest BCUT2D eigenvalue weighted by atomic mass is 16.6. The molecule has 1 unspecified atom stereocenters. The van der Waals surface area contributed by atoms with Gasteiger partial charge in [-0.25, -0.2) is 0 Å². The predicted octanol–water partition coefficient (Wildman–Crippen LogP) is 0.506. The van der Waals surface area contributed by atoms with Crippen LogP contribution in [0.2, 0.25) is 0 Å². The van der Waals surface area contributed by atoms with Crippen molar-refractivity contribution >= 4 is 0 Å². The van der Waals surface area contributed by atoms with Crippen LogP contribution in [0.25, 0.3) is 0 Å². The zero-order valence-corrected chi connectivity index (χ0v) is 8.29. The second kappa shape index (κ2) is 3.30. The van der Waals surface area contributed by atoms with E-state index in [0.29, 0.717) is 13.0 Å². The molecule has 1 aliphatic heterocycles. The van der Waals surface area contributed by atoms with E-state index >= 15 is 0 Å². The van der Waals surface area contributed by atoms with Crippen molar-refractivity contribution in [3.05, 3.63) is 0 Å². The van der Waals surface area contributed by atoms with Gasteiger partial charge >= 0.3 is 0 Å². The van der Waals surface area contributed by atoms with Gasteiger partial charge in [-0.2, -0.15) is 0 Å². The molecule has 1 atom stereocenters. The minimum Gasteiger partial charge on any atom is -0.359 e. The van der Waals surface area contributed by atoms with E-state index < -0.39 is 11.2 Å². The molecule has 0 spiro atoms. The van der Waals surface area contributed by atoms with Crippen LogP contribution in [0, 0.1) is 17.3 Å². The van der Waals surface area contributed by atoms with Crippen molar-refractivity contribution in [2.45, 2.75) is 39.1 Å². The third-order valence-corrected chi connectivity index (χ3v) is 2.57. The van der Waals surface area contributed by atoms with Gasteiger partial charge in [0.1, 0.15) is 6.10 Å². The summed E-state index contributed by atoms with van der Waals surface area (Å²) < 4.78 is 4.85. The summed E-state index contributed by atoms with van der Waals surface area (Å²) in [6.45, 7) is 6.05. The van der Waals surface area contributed by atoms with Crippen LogP contribution in [0.5, 0.6) is 0 Å². The van der Waals surface area contributed by atoms with Crippen molar-refractivity contribution in [2.24, 2.45) is 5.41 Å². The Kier molecular flexibility index (Phi) is 2.67. The van der Waals surface area contributed by atoms with Crippen LogP contribution in [0.3, 0.4) is 0 Å². The molecule has 1 saturated heterocycles. The Balaban J connectivity index is 2.69. The van der Waals surface area contributed by atoms with Gasteiger partial charge in [-0.1, -0.05) is 26.7 Å². The second-order valence-electron chi connectivity index (χ2n) is 4.00. The first-order chi connectivity index (χ1) is 5.89. The Labute approximate surface area is 78.7 Å². The maximum Gasteiger partial charge on any atom is 0.233 e. The lowest BCUT2D eigenvalue weighted by atomic mass is 9.81. The van der Waals surface area contributed by atoms with Gasteiger partial charge in [0.05, 0.1) is 6.61 Å². The van der Waals surface area contributed by atoms with Crippen LogP contribution in [0.4, 0.5) is 0 Å². The van der Waals surface area contributed by atoms with Crippen LogP contribution in [0.1, 0.15) is 27.2 Å². The number of rotatable bonds is 2. The molecule has 0 aromatic heterocycles. The molecule has 0 aromatic rings. The van der Waals surface area contributed by atoms with Crippen molar-refractivity contribution in [1.82, 2.24) is 0 Å². The first-order valence-corrected chi connectivity index (χ1v) is 4.48.